The monoisotopic (exact) mass is 294 g/mol. The minimum atomic E-state index is -0.527. The summed E-state index contributed by atoms with van der Waals surface area (Å²) in [5.74, 6) is 0.224. The van der Waals surface area contributed by atoms with Gasteiger partial charge >= 0.3 is 5.97 Å². The minimum absolute atomic E-state index is 0.256. The minimum Gasteiger partial charge on any atom is -0.465 e. The number of pyridine rings is 1. The van der Waals surface area contributed by atoms with Gasteiger partial charge in [-0.05, 0) is 31.9 Å². The van der Waals surface area contributed by atoms with Crippen LogP contribution in [0.3, 0.4) is 0 Å². The Bertz CT molecular complexity index is 487. The fourth-order valence-electron chi connectivity index (χ4n) is 2.00. The molecule has 1 fully saturated rings. The summed E-state index contributed by atoms with van der Waals surface area (Å²) in [7, 11) is 1.36. The number of esters is 1. The van der Waals surface area contributed by atoms with Crippen LogP contribution in [-0.4, -0.2) is 37.3 Å². The van der Waals surface area contributed by atoms with Gasteiger partial charge in [0.15, 0.2) is 0 Å². The molecule has 0 amide bonds. The molecule has 1 aliphatic heterocycles. The number of ether oxygens (including phenoxy) is 3. The smallest absolute Gasteiger partial charge is 0.338 e. The molecule has 1 atom stereocenters. The maximum Gasteiger partial charge on any atom is 0.338 e. The van der Waals surface area contributed by atoms with Gasteiger partial charge in [-0.15, -0.1) is 0 Å². The van der Waals surface area contributed by atoms with Crippen molar-refractivity contribution in [2.24, 2.45) is 0 Å². The highest BCUT2D eigenvalue weighted by atomic mass is 16.7. The van der Waals surface area contributed by atoms with Crippen molar-refractivity contribution in [3.8, 4) is 0 Å². The number of anilines is 1. The zero-order chi connectivity index (χ0) is 15.2. The number of nitrogens with zero attached hydrogens (tertiary/aromatic N) is 1. The third-order valence-corrected chi connectivity index (χ3v) is 3.34. The Balaban J connectivity index is 2.29. The summed E-state index contributed by atoms with van der Waals surface area (Å²) >= 11 is 0. The van der Waals surface area contributed by atoms with Gasteiger partial charge in [0.05, 0.1) is 31.6 Å². The van der Waals surface area contributed by atoms with E-state index >= 15 is 0 Å². The number of nitrogens with one attached hydrogen (secondary N) is 1. The first-order valence-corrected chi connectivity index (χ1v) is 7.24. The van der Waals surface area contributed by atoms with Gasteiger partial charge in [0, 0.05) is 6.04 Å². The van der Waals surface area contributed by atoms with E-state index in [2.05, 4.69) is 24.1 Å². The first-order chi connectivity index (χ1) is 10.1. The highest BCUT2D eigenvalue weighted by Gasteiger charge is 2.21. The van der Waals surface area contributed by atoms with Gasteiger partial charge in [0.25, 0.3) is 0 Å². The van der Waals surface area contributed by atoms with Crippen LogP contribution in [0.4, 0.5) is 5.82 Å². The number of carbonyl (C=O) groups excluding carboxylic acids is 1. The summed E-state index contributed by atoms with van der Waals surface area (Å²) in [5.41, 5.74) is 1.02. The van der Waals surface area contributed by atoms with Gasteiger partial charge in [-0.3, -0.25) is 0 Å². The molecule has 0 unspecified atom stereocenters. The summed E-state index contributed by atoms with van der Waals surface area (Å²) in [6, 6.07) is 3.60. The second-order valence-corrected chi connectivity index (χ2v) is 5.04. The second-order valence-electron chi connectivity index (χ2n) is 5.04. The quantitative estimate of drug-likeness (QED) is 0.841. The lowest BCUT2D eigenvalue weighted by Crippen LogP contribution is -2.21. The van der Waals surface area contributed by atoms with Crippen molar-refractivity contribution >= 4 is 11.8 Å². The molecule has 0 saturated carbocycles. The SMILES string of the molecule is CC[C@H](C)Nc1cc(C(=O)OC)cc(C2OCCCO2)n1. The molecule has 1 aromatic rings. The maximum atomic E-state index is 11.8. The maximum absolute atomic E-state index is 11.8. The molecule has 2 heterocycles. The molecule has 2 rings (SSSR count). The van der Waals surface area contributed by atoms with Gasteiger partial charge in [-0.25, -0.2) is 9.78 Å². The molecule has 1 aliphatic rings. The molecular formula is C15H22N2O4. The molecule has 0 radical (unpaired) electrons. The molecule has 0 aliphatic carbocycles. The molecule has 116 valence electrons. The van der Waals surface area contributed by atoms with E-state index in [0.717, 1.165) is 12.8 Å². The first kappa shape index (κ1) is 15.7. The van der Waals surface area contributed by atoms with Crippen LogP contribution in [0.5, 0.6) is 0 Å². The van der Waals surface area contributed by atoms with E-state index in [1.165, 1.54) is 7.11 Å². The molecule has 6 heteroatoms. The average Bonchev–Trinajstić information content (AvgIpc) is 2.54. The van der Waals surface area contributed by atoms with E-state index in [9.17, 15) is 4.79 Å². The summed E-state index contributed by atoms with van der Waals surface area (Å²) in [6.07, 6.45) is 1.29. The normalized spacial score (nSPS) is 17.3. The van der Waals surface area contributed by atoms with Crippen molar-refractivity contribution in [3.63, 3.8) is 0 Å². The second kappa shape index (κ2) is 7.38. The molecular weight excluding hydrogens is 272 g/mol. The number of aromatic nitrogens is 1. The van der Waals surface area contributed by atoms with Crippen LogP contribution in [0, 0.1) is 0 Å². The number of hydrogen-bond acceptors (Lipinski definition) is 6. The Morgan fingerprint density at radius 2 is 2.19 bits per heavy atom. The Morgan fingerprint density at radius 1 is 1.48 bits per heavy atom. The lowest BCUT2D eigenvalue weighted by Gasteiger charge is -2.24. The lowest BCUT2D eigenvalue weighted by atomic mass is 10.2. The zero-order valence-corrected chi connectivity index (χ0v) is 12.7. The van der Waals surface area contributed by atoms with Crippen molar-refractivity contribution in [2.45, 2.75) is 39.0 Å². The lowest BCUT2D eigenvalue weighted by molar-refractivity contribution is -0.185. The molecule has 6 nitrogen and oxygen atoms in total. The number of methoxy groups -OCH3 is 1. The van der Waals surface area contributed by atoms with Gasteiger partial charge < -0.3 is 19.5 Å². The third kappa shape index (κ3) is 4.15. The molecule has 1 saturated heterocycles. The van der Waals surface area contributed by atoms with Crippen molar-refractivity contribution in [1.29, 1.82) is 0 Å². The van der Waals surface area contributed by atoms with Gasteiger partial charge in [-0.1, -0.05) is 6.92 Å². The summed E-state index contributed by atoms with van der Waals surface area (Å²) in [6.45, 7) is 5.39. The number of rotatable bonds is 5. The zero-order valence-electron chi connectivity index (χ0n) is 12.7. The van der Waals surface area contributed by atoms with Crippen molar-refractivity contribution in [2.75, 3.05) is 25.6 Å². The van der Waals surface area contributed by atoms with Crippen molar-refractivity contribution in [1.82, 2.24) is 4.98 Å². The Hall–Kier alpha value is -1.66. The fourth-order valence-corrected chi connectivity index (χ4v) is 2.00. The predicted molar refractivity (Wildman–Crippen MR) is 78.2 cm³/mol. The highest BCUT2D eigenvalue weighted by Crippen LogP contribution is 2.24. The Labute approximate surface area is 124 Å². The topological polar surface area (TPSA) is 69.7 Å². The summed E-state index contributed by atoms with van der Waals surface area (Å²) < 4.78 is 15.9. The average molecular weight is 294 g/mol. The summed E-state index contributed by atoms with van der Waals surface area (Å²) in [4.78, 5) is 16.3. The van der Waals surface area contributed by atoms with Gasteiger partial charge in [0.1, 0.15) is 5.82 Å². The fraction of sp³-hybridized carbons (Fsp3) is 0.600. The highest BCUT2D eigenvalue weighted by molar-refractivity contribution is 5.90. The van der Waals surface area contributed by atoms with E-state index in [1.807, 2.05) is 0 Å². The standard InChI is InChI=1S/C15H22N2O4/c1-4-10(2)16-13-9-11(14(18)19-3)8-12(17-13)15-20-6-5-7-21-15/h8-10,15H,4-7H2,1-3H3,(H,16,17)/t10-/m0/s1. The molecule has 1 aromatic heterocycles. The first-order valence-electron chi connectivity index (χ1n) is 7.24. The van der Waals surface area contributed by atoms with Gasteiger partial charge in [-0.2, -0.15) is 0 Å². The number of carbonyl (C=O) groups is 1. The van der Waals surface area contributed by atoms with Crippen molar-refractivity contribution in [3.05, 3.63) is 23.4 Å². The van der Waals surface area contributed by atoms with E-state index in [1.54, 1.807) is 12.1 Å². The Morgan fingerprint density at radius 3 is 2.81 bits per heavy atom. The largest absolute Gasteiger partial charge is 0.465 e. The van der Waals surface area contributed by atoms with Crippen LogP contribution in [0.25, 0.3) is 0 Å². The number of hydrogen-bond donors (Lipinski definition) is 1. The van der Waals surface area contributed by atoms with Gasteiger partial charge in [0.2, 0.25) is 6.29 Å². The van der Waals surface area contributed by atoms with E-state index in [-0.39, 0.29) is 6.04 Å². The molecule has 0 bridgehead atoms. The Kier molecular flexibility index (Phi) is 5.52. The molecule has 21 heavy (non-hydrogen) atoms. The van der Waals surface area contributed by atoms with Crippen LogP contribution >= 0.6 is 0 Å². The van der Waals surface area contributed by atoms with Crippen LogP contribution < -0.4 is 5.32 Å². The molecule has 0 aromatic carbocycles. The van der Waals surface area contributed by atoms with Crippen LogP contribution in [-0.2, 0) is 14.2 Å². The molecule has 1 N–H and O–H groups in total. The van der Waals surface area contributed by atoms with Crippen LogP contribution in [0.1, 0.15) is 49.0 Å². The third-order valence-electron chi connectivity index (χ3n) is 3.34. The van der Waals surface area contributed by atoms with E-state index in [4.69, 9.17) is 14.2 Å². The van der Waals surface area contributed by atoms with Crippen LogP contribution in [0.15, 0.2) is 12.1 Å². The van der Waals surface area contributed by atoms with E-state index < -0.39 is 12.3 Å². The van der Waals surface area contributed by atoms with Crippen LogP contribution in [0.2, 0.25) is 0 Å². The summed E-state index contributed by atoms with van der Waals surface area (Å²) in [5, 5.41) is 3.26. The molecule has 0 spiro atoms. The predicted octanol–water partition coefficient (Wildman–Crippen LogP) is 2.51. The van der Waals surface area contributed by atoms with Crippen molar-refractivity contribution < 1.29 is 19.0 Å². The van der Waals surface area contributed by atoms with E-state index in [0.29, 0.717) is 30.3 Å².